The van der Waals surface area contributed by atoms with Crippen LogP contribution in [0, 0.1) is 0 Å². The molecule has 0 unspecified atom stereocenters. The van der Waals surface area contributed by atoms with E-state index in [-0.39, 0.29) is 5.91 Å². The number of hydrogen-bond acceptors (Lipinski definition) is 5. The summed E-state index contributed by atoms with van der Waals surface area (Å²) in [4.78, 5) is 19.0. The molecule has 1 N–H and O–H groups in total. The van der Waals surface area contributed by atoms with Crippen LogP contribution in [0.5, 0.6) is 5.75 Å². The van der Waals surface area contributed by atoms with Crippen molar-refractivity contribution in [3.8, 4) is 5.75 Å². The molecule has 1 aromatic heterocycles. The number of nitrogens with zero attached hydrogens (tertiary/aromatic N) is 2. The Kier molecular flexibility index (Phi) is 6.32. The van der Waals surface area contributed by atoms with E-state index < -0.39 is 0 Å². The lowest BCUT2D eigenvalue weighted by atomic mass is 10.2. The third-order valence-electron chi connectivity index (χ3n) is 4.75. The molecular weight excluding hydrogens is 382 g/mol. The van der Waals surface area contributed by atoms with Gasteiger partial charge in [0, 0.05) is 59.5 Å². The van der Waals surface area contributed by atoms with Crippen molar-refractivity contribution in [2.75, 3.05) is 34.8 Å². The lowest BCUT2D eigenvalue weighted by Crippen LogP contribution is -2.32. The Hall–Kier alpha value is -2.99. The van der Waals surface area contributed by atoms with Crippen molar-refractivity contribution < 1.29 is 9.53 Å². The quantitative estimate of drug-likeness (QED) is 0.656. The van der Waals surface area contributed by atoms with E-state index in [1.165, 1.54) is 17.2 Å². The number of hydrogen-bond donors (Lipinski definition) is 1. The molecule has 1 saturated heterocycles. The first kappa shape index (κ1) is 19.3. The highest BCUT2D eigenvalue weighted by Gasteiger charge is 2.11. The van der Waals surface area contributed by atoms with Crippen LogP contribution in [-0.2, 0) is 6.61 Å². The van der Waals surface area contributed by atoms with Gasteiger partial charge in [0.15, 0.2) is 0 Å². The standard InChI is InChI=1S/C23H23N3O2S/c27-23(25-20-5-7-21(8-6-20)26-12-14-29-15-13-26)19-3-9-22(10-4-19)28-17-18-2-1-11-24-16-18/h1-11,16H,12-15,17H2,(H,25,27). The number of rotatable bonds is 6. The van der Waals surface area contributed by atoms with Crippen LogP contribution in [0.25, 0.3) is 0 Å². The van der Waals surface area contributed by atoms with Crippen LogP contribution in [0.2, 0.25) is 0 Å². The van der Waals surface area contributed by atoms with Crippen molar-refractivity contribution >= 4 is 29.0 Å². The van der Waals surface area contributed by atoms with Crippen molar-refractivity contribution in [3.63, 3.8) is 0 Å². The lowest BCUT2D eigenvalue weighted by molar-refractivity contribution is 0.102. The predicted molar refractivity (Wildman–Crippen MR) is 119 cm³/mol. The third-order valence-corrected chi connectivity index (χ3v) is 5.69. The van der Waals surface area contributed by atoms with Gasteiger partial charge in [-0.25, -0.2) is 0 Å². The molecule has 2 aromatic carbocycles. The molecule has 148 valence electrons. The number of aromatic nitrogens is 1. The largest absolute Gasteiger partial charge is 0.489 e. The second kappa shape index (κ2) is 9.47. The molecule has 29 heavy (non-hydrogen) atoms. The molecule has 5 nitrogen and oxygen atoms in total. The van der Waals surface area contributed by atoms with Gasteiger partial charge >= 0.3 is 0 Å². The van der Waals surface area contributed by atoms with Crippen LogP contribution >= 0.6 is 11.8 Å². The molecule has 0 saturated carbocycles. The van der Waals surface area contributed by atoms with E-state index in [2.05, 4.69) is 27.3 Å². The Morgan fingerprint density at radius 2 is 1.79 bits per heavy atom. The highest BCUT2D eigenvalue weighted by atomic mass is 32.2. The highest BCUT2D eigenvalue weighted by molar-refractivity contribution is 7.99. The van der Waals surface area contributed by atoms with Crippen molar-refractivity contribution in [2.24, 2.45) is 0 Å². The molecule has 6 heteroatoms. The van der Waals surface area contributed by atoms with Crippen LogP contribution in [0.1, 0.15) is 15.9 Å². The second-order valence-electron chi connectivity index (χ2n) is 6.77. The zero-order valence-corrected chi connectivity index (χ0v) is 16.9. The molecule has 1 fully saturated rings. The minimum atomic E-state index is -0.133. The Bertz CT molecular complexity index is 925. The van der Waals surface area contributed by atoms with Gasteiger partial charge < -0.3 is 15.0 Å². The van der Waals surface area contributed by atoms with Crippen LogP contribution in [-0.4, -0.2) is 35.5 Å². The molecular formula is C23H23N3O2S. The molecule has 3 aromatic rings. The van der Waals surface area contributed by atoms with E-state index in [0.717, 1.165) is 30.1 Å². The lowest BCUT2D eigenvalue weighted by Gasteiger charge is -2.28. The molecule has 0 bridgehead atoms. The van der Waals surface area contributed by atoms with Gasteiger partial charge in [0.2, 0.25) is 0 Å². The van der Waals surface area contributed by atoms with E-state index in [0.29, 0.717) is 12.2 Å². The van der Waals surface area contributed by atoms with Gasteiger partial charge in [0.1, 0.15) is 12.4 Å². The maximum absolute atomic E-state index is 12.5. The fourth-order valence-electron chi connectivity index (χ4n) is 3.13. The van der Waals surface area contributed by atoms with E-state index in [1.807, 2.05) is 48.2 Å². The molecule has 0 atom stereocenters. The average Bonchev–Trinajstić information content (AvgIpc) is 2.80. The van der Waals surface area contributed by atoms with Crippen molar-refractivity contribution in [3.05, 3.63) is 84.2 Å². The van der Waals surface area contributed by atoms with Gasteiger partial charge in [-0.15, -0.1) is 0 Å². The summed E-state index contributed by atoms with van der Waals surface area (Å²) in [5, 5.41) is 2.96. The van der Waals surface area contributed by atoms with Gasteiger partial charge in [-0.3, -0.25) is 9.78 Å². The predicted octanol–water partition coefficient (Wildman–Crippen LogP) is 4.47. The summed E-state index contributed by atoms with van der Waals surface area (Å²) in [6, 6.07) is 19.1. The second-order valence-corrected chi connectivity index (χ2v) is 8.00. The maximum Gasteiger partial charge on any atom is 0.255 e. The van der Waals surface area contributed by atoms with Crippen LogP contribution in [0.4, 0.5) is 11.4 Å². The summed E-state index contributed by atoms with van der Waals surface area (Å²) in [6.45, 7) is 2.60. The van der Waals surface area contributed by atoms with Crippen molar-refractivity contribution in [2.45, 2.75) is 6.61 Å². The van der Waals surface area contributed by atoms with Gasteiger partial charge in [-0.05, 0) is 54.6 Å². The molecule has 0 spiro atoms. The Balaban J connectivity index is 1.32. The first-order valence-electron chi connectivity index (χ1n) is 9.64. The SMILES string of the molecule is O=C(Nc1ccc(N2CCSCC2)cc1)c1ccc(OCc2cccnc2)cc1. The normalized spacial score (nSPS) is 13.7. The van der Waals surface area contributed by atoms with E-state index in [1.54, 1.807) is 24.5 Å². The fraction of sp³-hybridized carbons (Fsp3) is 0.217. The zero-order chi connectivity index (χ0) is 19.9. The van der Waals surface area contributed by atoms with Crippen molar-refractivity contribution in [1.29, 1.82) is 0 Å². The van der Waals surface area contributed by atoms with Gasteiger partial charge in [-0.1, -0.05) is 6.07 Å². The first-order valence-corrected chi connectivity index (χ1v) is 10.8. The number of anilines is 2. The number of benzene rings is 2. The average molecular weight is 406 g/mol. The number of ether oxygens (including phenoxy) is 1. The Morgan fingerprint density at radius 3 is 2.48 bits per heavy atom. The minimum absolute atomic E-state index is 0.133. The molecule has 2 heterocycles. The summed E-state index contributed by atoms with van der Waals surface area (Å²) >= 11 is 1.99. The highest BCUT2D eigenvalue weighted by Crippen LogP contribution is 2.22. The third kappa shape index (κ3) is 5.29. The minimum Gasteiger partial charge on any atom is -0.489 e. The number of nitrogens with one attached hydrogen (secondary N) is 1. The van der Waals surface area contributed by atoms with E-state index >= 15 is 0 Å². The number of thioether (sulfide) groups is 1. The van der Waals surface area contributed by atoms with Gasteiger partial charge in [0.05, 0.1) is 0 Å². The first-order chi connectivity index (χ1) is 14.3. The summed E-state index contributed by atoms with van der Waals surface area (Å²) in [5.74, 6) is 2.92. The van der Waals surface area contributed by atoms with Gasteiger partial charge in [0.25, 0.3) is 5.91 Å². The van der Waals surface area contributed by atoms with E-state index in [4.69, 9.17) is 4.74 Å². The summed E-state index contributed by atoms with van der Waals surface area (Å²) < 4.78 is 5.74. The fourth-order valence-corrected chi connectivity index (χ4v) is 4.04. The van der Waals surface area contributed by atoms with Gasteiger partial charge in [-0.2, -0.15) is 11.8 Å². The molecule has 1 aliphatic rings. The zero-order valence-electron chi connectivity index (χ0n) is 16.1. The topological polar surface area (TPSA) is 54.5 Å². The molecule has 4 rings (SSSR count). The van der Waals surface area contributed by atoms with Crippen LogP contribution < -0.4 is 15.0 Å². The van der Waals surface area contributed by atoms with E-state index in [9.17, 15) is 4.79 Å². The van der Waals surface area contributed by atoms with Crippen molar-refractivity contribution in [1.82, 2.24) is 4.98 Å². The summed E-state index contributed by atoms with van der Waals surface area (Å²) in [5.41, 5.74) is 3.59. The molecule has 0 radical (unpaired) electrons. The number of amides is 1. The number of pyridine rings is 1. The Morgan fingerprint density at radius 1 is 1.03 bits per heavy atom. The molecule has 1 aliphatic heterocycles. The monoisotopic (exact) mass is 405 g/mol. The number of carbonyl (C=O) groups is 1. The summed E-state index contributed by atoms with van der Waals surface area (Å²) in [6.07, 6.45) is 3.51. The van der Waals surface area contributed by atoms with Crippen LogP contribution in [0.3, 0.4) is 0 Å². The summed E-state index contributed by atoms with van der Waals surface area (Å²) in [7, 11) is 0. The Labute approximate surface area is 175 Å². The molecule has 1 amide bonds. The smallest absolute Gasteiger partial charge is 0.255 e. The molecule has 0 aliphatic carbocycles. The number of carbonyl (C=O) groups excluding carboxylic acids is 1. The maximum atomic E-state index is 12.5. The van der Waals surface area contributed by atoms with Crippen LogP contribution in [0.15, 0.2) is 73.1 Å².